The summed E-state index contributed by atoms with van der Waals surface area (Å²) in [6, 6.07) is 6.32. The molecule has 158 valence electrons. The summed E-state index contributed by atoms with van der Waals surface area (Å²) >= 11 is 0. The van der Waals surface area contributed by atoms with Crippen molar-refractivity contribution in [1.29, 1.82) is 0 Å². The molecule has 3 heterocycles. The molecule has 2 atom stereocenters. The van der Waals surface area contributed by atoms with Crippen molar-refractivity contribution in [2.75, 3.05) is 20.2 Å². The third kappa shape index (κ3) is 3.33. The van der Waals surface area contributed by atoms with Crippen LogP contribution in [-0.4, -0.2) is 57.3 Å². The van der Waals surface area contributed by atoms with Crippen LogP contribution in [0.5, 0.6) is 6.01 Å². The van der Waals surface area contributed by atoms with Gasteiger partial charge in [-0.25, -0.2) is 9.07 Å². The van der Waals surface area contributed by atoms with Crippen molar-refractivity contribution in [2.24, 2.45) is 0 Å². The zero-order valence-electron chi connectivity index (χ0n) is 17.2. The number of aliphatic hydroxyl groups is 1. The van der Waals surface area contributed by atoms with Crippen LogP contribution in [0.4, 0.5) is 4.39 Å². The number of nitrogens with one attached hydrogen (secondary N) is 1. The Balaban J connectivity index is 1.59. The van der Waals surface area contributed by atoms with Gasteiger partial charge in [-0.3, -0.25) is 0 Å². The lowest BCUT2D eigenvalue weighted by Crippen LogP contribution is -2.36. The second kappa shape index (κ2) is 7.59. The first-order valence-electron chi connectivity index (χ1n) is 10.5. The van der Waals surface area contributed by atoms with Crippen LogP contribution in [-0.2, 0) is 0 Å². The lowest BCUT2D eigenvalue weighted by molar-refractivity contribution is 0.0729. The number of hydrogen-bond donors (Lipinski definition) is 2. The van der Waals surface area contributed by atoms with Crippen molar-refractivity contribution in [3.63, 3.8) is 0 Å². The highest BCUT2D eigenvalue weighted by molar-refractivity contribution is 5.82. The van der Waals surface area contributed by atoms with Crippen LogP contribution in [0, 0.1) is 6.92 Å². The average Bonchev–Trinajstić information content (AvgIpc) is 3.13. The molecule has 1 aliphatic carbocycles. The monoisotopic (exact) mass is 411 g/mol. The van der Waals surface area contributed by atoms with E-state index in [1.165, 1.54) is 0 Å². The van der Waals surface area contributed by atoms with Gasteiger partial charge in [-0.05, 0) is 56.0 Å². The number of nitrogens with zero attached hydrogens (tertiary/aromatic N) is 4. The minimum absolute atomic E-state index is 0.119. The van der Waals surface area contributed by atoms with E-state index in [4.69, 9.17) is 4.74 Å². The molecule has 0 spiro atoms. The number of aromatic nitrogens is 4. The predicted molar refractivity (Wildman–Crippen MR) is 111 cm³/mol. The van der Waals surface area contributed by atoms with Gasteiger partial charge in [0.25, 0.3) is 0 Å². The molecule has 2 aliphatic rings. The van der Waals surface area contributed by atoms with E-state index in [1.807, 2.05) is 19.2 Å². The molecule has 1 aliphatic heterocycles. The molecule has 8 heteroatoms. The maximum Gasteiger partial charge on any atom is 0.318 e. The number of halogens is 1. The van der Waals surface area contributed by atoms with Crippen molar-refractivity contribution in [3.8, 4) is 11.8 Å². The molecule has 0 bridgehead atoms. The van der Waals surface area contributed by atoms with Gasteiger partial charge in [-0.1, -0.05) is 0 Å². The van der Waals surface area contributed by atoms with Gasteiger partial charge in [0.2, 0.25) is 0 Å². The molecule has 2 N–H and O–H groups in total. The fourth-order valence-electron chi connectivity index (χ4n) is 4.63. The molecule has 5 rings (SSSR count). The number of rotatable bonds is 4. The summed E-state index contributed by atoms with van der Waals surface area (Å²) in [4.78, 5) is 8.98. The van der Waals surface area contributed by atoms with E-state index in [9.17, 15) is 9.50 Å². The zero-order valence-corrected chi connectivity index (χ0v) is 17.2. The lowest BCUT2D eigenvalue weighted by atomic mass is 9.80. The van der Waals surface area contributed by atoms with Crippen LogP contribution in [0.1, 0.15) is 47.9 Å². The predicted octanol–water partition coefficient (Wildman–Crippen LogP) is 2.79. The Kier molecular flexibility index (Phi) is 4.91. The van der Waals surface area contributed by atoms with Crippen molar-refractivity contribution in [2.45, 2.75) is 50.3 Å². The summed E-state index contributed by atoms with van der Waals surface area (Å²) in [5.74, 6) is 0.688. The van der Waals surface area contributed by atoms with Gasteiger partial charge >= 0.3 is 6.01 Å². The summed E-state index contributed by atoms with van der Waals surface area (Å²) in [6.07, 6.45) is 2.79. The molecule has 0 amide bonds. The maximum atomic E-state index is 14.6. The van der Waals surface area contributed by atoms with Gasteiger partial charge in [0.1, 0.15) is 6.17 Å². The standard InChI is InChI=1S/C22H26FN5O2/c1-12-5-14-10-25-28(20(14)8-17(12)16-3-4-24-11-18(16)23)21-9-19(13-6-15(29)7-13)26-22(27-21)30-2/h5,8-10,13,15-16,18,24,29H,3-4,6-7,11H2,1-2H3. The Morgan fingerprint density at radius 1 is 1.23 bits per heavy atom. The first-order chi connectivity index (χ1) is 14.5. The van der Waals surface area contributed by atoms with Crippen molar-refractivity contribution < 1.29 is 14.2 Å². The molecule has 1 aromatic carbocycles. The third-order valence-electron chi connectivity index (χ3n) is 6.41. The summed E-state index contributed by atoms with van der Waals surface area (Å²) < 4.78 is 21.7. The summed E-state index contributed by atoms with van der Waals surface area (Å²) in [5.41, 5.74) is 3.85. The summed E-state index contributed by atoms with van der Waals surface area (Å²) in [5, 5.41) is 18.3. The van der Waals surface area contributed by atoms with Gasteiger partial charge < -0.3 is 15.2 Å². The van der Waals surface area contributed by atoms with Crippen molar-refractivity contribution >= 4 is 10.9 Å². The first-order valence-corrected chi connectivity index (χ1v) is 10.5. The number of alkyl halides is 1. The van der Waals surface area contributed by atoms with Crippen LogP contribution in [0.2, 0.25) is 0 Å². The molecule has 2 fully saturated rings. The Morgan fingerprint density at radius 3 is 2.80 bits per heavy atom. The quantitative estimate of drug-likeness (QED) is 0.687. The Morgan fingerprint density at radius 2 is 2.07 bits per heavy atom. The average molecular weight is 411 g/mol. The number of fused-ring (bicyclic) bond motifs is 1. The maximum absolute atomic E-state index is 14.6. The zero-order chi connectivity index (χ0) is 20.8. The summed E-state index contributed by atoms with van der Waals surface area (Å²) in [6.45, 7) is 3.25. The van der Waals surface area contributed by atoms with Crippen LogP contribution < -0.4 is 10.1 Å². The normalized spacial score (nSPS) is 26.5. The Hall–Kier alpha value is -2.58. The molecule has 3 aromatic rings. The van der Waals surface area contributed by atoms with Crippen LogP contribution in [0.25, 0.3) is 16.7 Å². The van der Waals surface area contributed by atoms with E-state index in [2.05, 4.69) is 32.5 Å². The minimum Gasteiger partial charge on any atom is -0.467 e. The smallest absolute Gasteiger partial charge is 0.318 e. The van der Waals surface area contributed by atoms with Gasteiger partial charge in [0.05, 0.1) is 30.6 Å². The van der Waals surface area contributed by atoms with Crippen LogP contribution >= 0.6 is 0 Å². The number of ether oxygens (including phenoxy) is 1. The second-order valence-electron chi connectivity index (χ2n) is 8.40. The number of aryl methyl sites for hydroxylation is 1. The van der Waals surface area contributed by atoms with Gasteiger partial charge in [-0.15, -0.1) is 0 Å². The van der Waals surface area contributed by atoms with E-state index in [0.29, 0.717) is 25.2 Å². The van der Waals surface area contributed by atoms with E-state index in [-0.39, 0.29) is 24.0 Å². The number of hydrogen-bond acceptors (Lipinski definition) is 6. The third-order valence-corrected chi connectivity index (χ3v) is 6.41. The first kappa shape index (κ1) is 19.4. The molecule has 30 heavy (non-hydrogen) atoms. The molecular formula is C22H26FN5O2. The van der Waals surface area contributed by atoms with E-state index in [0.717, 1.165) is 40.7 Å². The fraction of sp³-hybridized carbons (Fsp3) is 0.500. The molecule has 1 saturated carbocycles. The largest absolute Gasteiger partial charge is 0.467 e. The van der Waals surface area contributed by atoms with Gasteiger partial charge in [-0.2, -0.15) is 15.1 Å². The fourth-order valence-corrected chi connectivity index (χ4v) is 4.63. The van der Waals surface area contributed by atoms with Gasteiger partial charge in [0.15, 0.2) is 5.82 Å². The Bertz CT molecular complexity index is 1080. The molecule has 2 unspecified atom stereocenters. The highest BCUT2D eigenvalue weighted by Gasteiger charge is 2.31. The van der Waals surface area contributed by atoms with Gasteiger partial charge in [0, 0.05) is 29.8 Å². The topological polar surface area (TPSA) is 85.1 Å². The molecule has 2 aromatic heterocycles. The molecule has 7 nitrogen and oxygen atoms in total. The van der Waals surface area contributed by atoms with Crippen LogP contribution in [0.15, 0.2) is 24.4 Å². The van der Waals surface area contributed by atoms with E-state index >= 15 is 0 Å². The SMILES string of the molecule is COc1nc(C2CC(O)C2)cc(-n2ncc3cc(C)c(C4CCNCC4F)cc32)n1. The van der Waals surface area contributed by atoms with E-state index in [1.54, 1.807) is 11.8 Å². The molecular weight excluding hydrogens is 385 g/mol. The van der Waals surface area contributed by atoms with Crippen molar-refractivity contribution in [3.05, 3.63) is 41.2 Å². The number of methoxy groups -OCH3 is 1. The summed E-state index contributed by atoms with van der Waals surface area (Å²) in [7, 11) is 1.54. The number of aliphatic hydroxyl groups excluding tert-OH is 1. The van der Waals surface area contributed by atoms with Crippen LogP contribution in [0.3, 0.4) is 0 Å². The highest BCUT2D eigenvalue weighted by Crippen LogP contribution is 2.37. The van der Waals surface area contributed by atoms with E-state index < -0.39 is 6.17 Å². The minimum atomic E-state index is -0.901. The Labute approximate surface area is 174 Å². The molecule has 1 saturated heterocycles. The molecule has 0 radical (unpaired) electrons. The highest BCUT2D eigenvalue weighted by atomic mass is 19.1. The number of piperidine rings is 1. The van der Waals surface area contributed by atoms with Crippen molar-refractivity contribution in [1.82, 2.24) is 25.1 Å². The number of benzene rings is 1. The lowest BCUT2D eigenvalue weighted by Gasteiger charge is -2.31. The second-order valence-corrected chi connectivity index (χ2v) is 8.40.